The number of nitrogens with one attached hydrogen (secondary N) is 1. The molecule has 0 saturated carbocycles. The van der Waals surface area contributed by atoms with Crippen molar-refractivity contribution in [3.8, 4) is 5.75 Å². The molecule has 4 rings (SSSR count). The van der Waals surface area contributed by atoms with Crippen LogP contribution in [0.4, 0.5) is 9.18 Å². The van der Waals surface area contributed by atoms with E-state index in [-0.39, 0.29) is 44.9 Å². The number of nitrogens with zero attached hydrogens (tertiary/aromatic N) is 4. The van der Waals surface area contributed by atoms with Crippen molar-refractivity contribution in [1.82, 2.24) is 25.1 Å². The molecule has 4 amide bonds. The van der Waals surface area contributed by atoms with Crippen LogP contribution in [0.3, 0.4) is 0 Å². The standard InChI is InChI=1S/C26H30FN5O6/c1-29-16-23(33)31-21(11-12-24(34)35)25(36)30(14-18-3-7-19(27)8-4-18)15-22(31)32(29)26(37)28-13-17-5-9-20(38-2)10-6-17/h3-10,21-22H,11-16H2,1-2H3,(H,28,37)(H,34,35)/t21-,22-/m0/s1. The van der Waals surface area contributed by atoms with E-state index in [4.69, 9.17) is 4.74 Å². The molecule has 2 atom stereocenters. The Morgan fingerprint density at radius 3 is 2.37 bits per heavy atom. The highest BCUT2D eigenvalue weighted by atomic mass is 19.1. The Bertz CT molecular complexity index is 1190. The number of hydrazine groups is 1. The van der Waals surface area contributed by atoms with Gasteiger partial charge in [-0.3, -0.25) is 14.4 Å². The van der Waals surface area contributed by atoms with Crippen molar-refractivity contribution in [2.45, 2.75) is 38.1 Å². The molecule has 12 heteroatoms. The predicted octanol–water partition coefficient (Wildman–Crippen LogP) is 1.64. The summed E-state index contributed by atoms with van der Waals surface area (Å²) >= 11 is 0. The third-order valence-corrected chi connectivity index (χ3v) is 6.67. The van der Waals surface area contributed by atoms with E-state index in [2.05, 4.69) is 5.32 Å². The average molecular weight is 528 g/mol. The second kappa shape index (κ2) is 11.5. The van der Waals surface area contributed by atoms with Gasteiger partial charge in [-0.05, 0) is 41.8 Å². The molecule has 2 aromatic rings. The number of carboxylic acid groups (broad SMARTS) is 1. The Morgan fingerprint density at radius 2 is 1.74 bits per heavy atom. The number of urea groups is 1. The van der Waals surface area contributed by atoms with Gasteiger partial charge in [-0.15, -0.1) is 0 Å². The number of piperazine rings is 1. The van der Waals surface area contributed by atoms with Gasteiger partial charge >= 0.3 is 12.0 Å². The molecule has 2 saturated heterocycles. The maximum absolute atomic E-state index is 13.5. The van der Waals surface area contributed by atoms with Crippen LogP contribution >= 0.6 is 0 Å². The highest BCUT2D eigenvalue weighted by Crippen LogP contribution is 2.29. The lowest BCUT2D eigenvalue weighted by molar-refractivity contribution is -0.188. The zero-order valence-electron chi connectivity index (χ0n) is 21.2. The molecule has 2 aliphatic heterocycles. The van der Waals surface area contributed by atoms with Gasteiger partial charge < -0.3 is 25.0 Å². The summed E-state index contributed by atoms with van der Waals surface area (Å²) in [7, 11) is 3.17. The van der Waals surface area contributed by atoms with E-state index in [0.29, 0.717) is 11.3 Å². The smallest absolute Gasteiger partial charge is 0.334 e. The van der Waals surface area contributed by atoms with Gasteiger partial charge in [0.05, 0.1) is 20.2 Å². The number of amides is 4. The van der Waals surface area contributed by atoms with Crippen LogP contribution in [0.5, 0.6) is 5.75 Å². The number of carboxylic acids is 1. The maximum Gasteiger partial charge on any atom is 0.334 e. The number of fused-ring (bicyclic) bond motifs is 1. The van der Waals surface area contributed by atoms with Gasteiger partial charge in [-0.2, -0.15) is 0 Å². The summed E-state index contributed by atoms with van der Waals surface area (Å²) in [6, 6.07) is 11.4. The van der Waals surface area contributed by atoms with E-state index in [0.717, 1.165) is 5.56 Å². The molecule has 2 N–H and O–H groups in total. The summed E-state index contributed by atoms with van der Waals surface area (Å²) in [5.74, 6) is -1.61. The highest BCUT2D eigenvalue weighted by molar-refractivity contribution is 5.91. The Kier molecular flexibility index (Phi) is 8.10. The van der Waals surface area contributed by atoms with Gasteiger partial charge in [-0.1, -0.05) is 24.3 Å². The normalized spacial score (nSPS) is 19.8. The molecule has 0 radical (unpaired) electrons. The molecule has 2 aliphatic rings. The third-order valence-electron chi connectivity index (χ3n) is 6.67. The molecule has 0 aromatic heterocycles. The third kappa shape index (κ3) is 5.86. The van der Waals surface area contributed by atoms with E-state index >= 15 is 0 Å². The fourth-order valence-corrected chi connectivity index (χ4v) is 4.80. The summed E-state index contributed by atoms with van der Waals surface area (Å²) in [5.41, 5.74) is 1.50. The van der Waals surface area contributed by atoms with Gasteiger partial charge in [-0.25, -0.2) is 19.2 Å². The molecule has 0 bridgehead atoms. The van der Waals surface area contributed by atoms with Crippen LogP contribution in [0.2, 0.25) is 0 Å². The van der Waals surface area contributed by atoms with E-state index in [1.807, 2.05) is 12.1 Å². The molecule has 0 unspecified atom stereocenters. The molecule has 202 valence electrons. The number of rotatable bonds is 8. The van der Waals surface area contributed by atoms with Crippen molar-refractivity contribution in [2.75, 3.05) is 27.2 Å². The fraction of sp³-hybridized carbons (Fsp3) is 0.385. The quantitative estimate of drug-likeness (QED) is 0.535. The minimum Gasteiger partial charge on any atom is -0.497 e. The van der Waals surface area contributed by atoms with Gasteiger partial charge in [0.15, 0.2) is 0 Å². The first-order chi connectivity index (χ1) is 18.2. The molecule has 38 heavy (non-hydrogen) atoms. The van der Waals surface area contributed by atoms with Crippen LogP contribution in [0.1, 0.15) is 24.0 Å². The average Bonchev–Trinajstić information content (AvgIpc) is 2.89. The van der Waals surface area contributed by atoms with Crippen LogP contribution in [-0.4, -0.2) is 88.2 Å². The van der Waals surface area contributed by atoms with Gasteiger partial charge in [0.2, 0.25) is 11.8 Å². The molecule has 2 aromatic carbocycles. The van der Waals surface area contributed by atoms with Crippen LogP contribution in [0.25, 0.3) is 0 Å². The monoisotopic (exact) mass is 527 g/mol. The first kappa shape index (κ1) is 26.9. The van der Waals surface area contributed by atoms with Crippen LogP contribution < -0.4 is 10.1 Å². The molecule has 2 fully saturated rings. The lowest BCUT2D eigenvalue weighted by Gasteiger charge is -2.54. The minimum atomic E-state index is -1.10. The van der Waals surface area contributed by atoms with Gasteiger partial charge in [0.1, 0.15) is 23.8 Å². The number of ether oxygens (including phenoxy) is 1. The molecular formula is C26H30FN5O6. The summed E-state index contributed by atoms with van der Waals surface area (Å²) < 4.78 is 18.6. The molecule has 11 nitrogen and oxygen atoms in total. The second-order valence-electron chi connectivity index (χ2n) is 9.24. The number of halogens is 1. The zero-order valence-corrected chi connectivity index (χ0v) is 21.2. The second-order valence-corrected chi connectivity index (χ2v) is 9.24. The summed E-state index contributed by atoms with van der Waals surface area (Å²) in [5, 5.41) is 15.0. The largest absolute Gasteiger partial charge is 0.497 e. The molecule has 0 aliphatic carbocycles. The van der Waals surface area contributed by atoms with Crippen molar-refractivity contribution in [3.63, 3.8) is 0 Å². The summed E-state index contributed by atoms with van der Waals surface area (Å²) in [4.78, 5) is 54.1. The van der Waals surface area contributed by atoms with E-state index in [1.165, 1.54) is 32.0 Å². The Morgan fingerprint density at radius 1 is 1.08 bits per heavy atom. The fourth-order valence-electron chi connectivity index (χ4n) is 4.80. The Labute approximate surface area is 219 Å². The highest BCUT2D eigenvalue weighted by Gasteiger charge is 2.50. The van der Waals surface area contributed by atoms with Crippen LogP contribution in [0.15, 0.2) is 48.5 Å². The minimum absolute atomic E-state index is 0.00577. The van der Waals surface area contributed by atoms with E-state index in [9.17, 15) is 28.7 Å². The van der Waals surface area contributed by atoms with Gasteiger partial charge in [0.25, 0.3) is 0 Å². The van der Waals surface area contributed by atoms with E-state index < -0.39 is 35.9 Å². The number of likely N-dealkylation sites (N-methyl/N-ethyl adjacent to an activating group) is 1. The van der Waals surface area contributed by atoms with Crippen molar-refractivity contribution in [2.24, 2.45) is 0 Å². The lowest BCUT2D eigenvalue weighted by atomic mass is 10.0. The first-order valence-corrected chi connectivity index (χ1v) is 12.1. The summed E-state index contributed by atoms with van der Waals surface area (Å²) in [6.45, 7) is 0.188. The first-order valence-electron chi connectivity index (χ1n) is 12.1. The van der Waals surface area contributed by atoms with E-state index in [1.54, 1.807) is 38.4 Å². The van der Waals surface area contributed by atoms with Crippen molar-refractivity contribution >= 4 is 23.8 Å². The Balaban J connectivity index is 1.58. The summed E-state index contributed by atoms with van der Waals surface area (Å²) in [6.07, 6.45) is -1.27. The van der Waals surface area contributed by atoms with Crippen LogP contribution in [-0.2, 0) is 27.5 Å². The molecule has 0 spiro atoms. The van der Waals surface area contributed by atoms with Crippen molar-refractivity contribution in [1.29, 1.82) is 0 Å². The number of methoxy groups -OCH3 is 1. The zero-order chi connectivity index (χ0) is 27.4. The van der Waals surface area contributed by atoms with Crippen molar-refractivity contribution in [3.05, 3.63) is 65.5 Å². The SMILES string of the molecule is COc1ccc(CNC(=O)N2[C@H]3CN(Cc4ccc(F)cc4)C(=O)[C@H](CCC(=O)O)N3C(=O)CN2C)cc1. The topological polar surface area (TPSA) is 123 Å². The van der Waals surface area contributed by atoms with Crippen LogP contribution in [0, 0.1) is 5.82 Å². The maximum atomic E-state index is 13.5. The molecular weight excluding hydrogens is 497 g/mol. The Hall–Kier alpha value is -4.19. The number of aliphatic carboxylic acids is 1. The molecule has 2 heterocycles. The number of carbonyl (C=O) groups is 4. The lowest BCUT2D eigenvalue weighted by Crippen LogP contribution is -2.75. The van der Waals surface area contributed by atoms with Gasteiger partial charge in [0, 0.05) is 26.6 Å². The van der Waals surface area contributed by atoms with Crippen molar-refractivity contribution < 1.29 is 33.4 Å². The number of benzene rings is 2. The number of carbonyl (C=O) groups excluding carboxylic acids is 3. The predicted molar refractivity (Wildman–Crippen MR) is 133 cm³/mol. The number of hydrogen-bond acceptors (Lipinski definition) is 6. The number of hydrogen-bond donors (Lipinski definition) is 2.